The molecule has 0 radical (unpaired) electrons. The summed E-state index contributed by atoms with van der Waals surface area (Å²) in [7, 11) is 0. The van der Waals surface area contributed by atoms with Crippen molar-refractivity contribution in [2.45, 2.75) is 37.8 Å². The van der Waals surface area contributed by atoms with Gasteiger partial charge < -0.3 is 10.2 Å². The number of nitrogens with one attached hydrogen (secondary N) is 1. The monoisotopic (exact) mass is 235 g/mol. The molecule has 96 valence electrons. The molecule has 2 bridgehead atoms. The predicted octanol–water partition coefficient (Wildman–Crippen LogP) is 0.764. The molecular formula is C14H25N3. The lowest BCUT2D eigenvalue weighted by molar-refractivity contribution is 0.0137. The number of hydrogen-bond donors (Lipinski definition) is 1. The van der Waals surface area contributed by atoms with E-state index in [4.69, 9.17) is 0 Å². The molecule has 3 heteroatoms. The van der Waals surface area contributed by atoms with E-state index >= 15 is 0 Å². The van der Waals surface area contributed by atoms with Crippen LogP contribution in [0.4, 0.5) is 0 Å². The van der Waals surface area contributed by atoms with E-state index in [0.717, 1.165) is 23.9 Å². The minimum atomic E-state index is 0.819. The number of piperidine rings is 4. The highest BCUT2D eigenvalue weighted by molar-refractivity contribution is 4.99. The van der Waals surface area contributed by atoms with Gasteiger partial charge in [-0.05, 0) is 57.2 Å². The molecule has 0 aromatic carbocycles. The maximum atomic E-state index is 3.74. The Kier molecular flexibility index (Phi) is 2.67. The lowest BCUT2D eigenvalue weighted by Gasteiger charge is -2.48. The van der Waals surface area contributed by atoms with Gasteiger partial charge in [0.05, 0.1) is 0 Å². The minimum absolute atomic E-state index is 0.819. The van der Waals surface area contributed by atoms with E-state index in [1.807, 2.05) is 0 Å². The first-order valence-corrected chi connectivity index (χ1v) is 7.60. The van der Waals surface area contributed by atoms with Gasteiger partial charge in [0, 0.05) is 31.7 Å². The molecule has 5 rings (SSSR count). The normalized spacial score (nSPS) is 50.5. The molecule has 17 heavy (non-hydrogen) atoms. The molecule has 1 N–H and O–H groups in total. The van der Waals surface area contributed by atoms with Crippen LogP contribution in [0.5, 0.6) is 0 Å². The molecule has 3 nitrogen and oxygen atoms in total. The van der Waals surface area contributed by atoms with Gasteiger partial charge in [0.2, 0.25) is 0 Å². The van der Waals surface area contributed by atoms with Crippen LogP contribution >= 0.6 is 0 Å². The van der Waals surface area contributed by atoms with Gasteiger partial charge in [0.15, 0.2) is 0 Å². The van der Waals surface area contributed by atoms with E-state index in [0.29, 0.717) is 0 Å². The maximum absolute atomic E-state index is 3.74. The summed E-state index contributed by atoms with van der Waals surface area (Å²) in [6.45, 7) is 8.09. The average Bonchev–Trinajstić information content (AvgIpc) is 2.83. The van der Waals surface area contributed by atoms with Gasteiger partial charge in [-0.3, -0.25) is 4.90 Å². The van der Waals surface area contributed by atoms with E-state index in [2.05, 4.69) is 15.1 Å². The number of rotatable bonds is 1. The fraction of sp³-hybridized carbons (Fsp3) is 1.00. The summed E-state index contributed by atoms with van der Waals surface area (Å²) in [5.74, 6) is 1.97. The molecule has 0 aliphatic carbocycles. The molecule has 0 aromatic heterocycles. The Morgan fingerprint density at radius 1 is 0.882 bits per heavy atom. The smallest absolute Gasteiger partial charge is 0.0253 e. The van der Waals surface area contributed by atoms with Crippen molar-refractivity contribution < 1.29 is 0 Å². The third kappa shape index (κ3) is 1.83. The third-order valence-electron chi connectivity index (χ3n) is 5.72. The fourth-order valence-corrected chi connectivity index (χ4v) is 4.70. The van der Waals surface area contributed by atoms with Crippen LogP contribution in [0, 0.1) is 11.8 Å². The van der Waals surface area contributed by atoms with Crippen LogP contribution in [0.25, 0.3) is 0 Å². The van der Waals surface area contributed by atoms with Crippen molar-refractivity contribution in [1.82, 2.24) is 15.1 Å². The van der Waals surface area contributed by atoms with Crippen LogP contribution in [0.3, 0.4) is 0 Å². The number of likely N-dealkylation sites (tertiary alicyclic amines) is 1. The van der Waals surface area contributed by atoms with Crippen LogP contribution in [0.1, 0.15) is 25.7 Å². The summed E-state index contributed by atoms with van der Waals surface area (Å²) < 4.78 is 0. The Balaban J connectivity index is 1.46. The molecule has 0 amide bonds. The Labute approximate surface area is 105 Å². The second-order valence-electron chi connectivity index (χ2n) is 6.62. The van der Waals surface area contributed by atoms with Crippen molar-refractivity contribution in [2.24, 2.45) is 11.8 Å². The molecule has 0 spiro atoms. The molecule has 1 unspecified atom stereocenters. The predicted molar refractivity (Wildman–Crippen MR) is 69.0 cm³/mol. The molecule has 5 aliphatic heterocycles. The molecule has 5 aliphatic rings. The highest BCUT2D eigenvalue weighted by atomic mass is 15.3. The number of nitrogens with zero attached hydrogens (tertiary/aromatic N) is 2. The molecule has 5 saturated heterocycles. The third-order valence-corrected chi connectivity index (χ3v) is 5.72. The minimum Gasteiger partial charge on any atom is -0.312 e. The van der Waals surface area contributed by atoms with E-state index in [-0.39, 0.29) is 0 Å². The van der Waals surface area contributed by atoms with Crippen molar-refractivity contribution >= 4 is 0 Å². The largest absolute Gasteiger partial charge is 0.312 e. The van der Waals surface area contributed by atoms with Crippen LogP contribution < -0.4 is 5.32 Å². The summed E-state index contributed by atoms with van der Waals surface area (Å²) in [5, 5.41) is 3.74. The molecule has 5 fully saturated rings. The van der Waals surface area contributed by atoms with Crippen molar-refractivity contribution in [2.75, 3.05) is 39.3 Å². The number of fused-ring (bicyclic) bond motifs is 4. The summed E-state index contributed by atoms with van der Waals surface area (Å²) in [5.41, 5.74) is 0. The van der Waals surface area contributed by atoms with Gasteiger partial charge in [-0.25, -0.2) is 0 Å². The molecular weight excluding hydrogens is 210 g/mol. The van der Waals surface area contributed by atoms with Gasteiger partial charge in [-0.15, -0.1) is 0 Å². The van der Waals surface area contributed by atoms with E-state index in [1.165, 1.54) is 65.0 Å². The van der Waals surface area contributed by atoms with Crippen molar-refractivity contribution in [3.05, 3.63) is 0 Å². The second kappa shape index (κ2) is 4.22. The van der Waals surface area contributed by atoms with Crippen LogP contribution in [-0.4, -0.2) is 61.2 Å². The maximum Gasteiger partial charge on any atom is 0.0253 e. The topological polar surface area (TPSA) is 18.5 Å². The Bertz CT molecular complexity index is 271. The van der Waals surface area contributed by atoms with E-state index in [1.54, 1.807) is 0 Å². The van der Waals surface area contributed by atoms with Crippen LogP contribution in [0.2, 0.25) is 0 Å². The summed E-state index contributed by atoms with van der Waals surface area (Å²) in [4.78, 5) is 5.53. The van der Waals surface area contributed by atoms with E-state index < -0.39 is 0 Å². The van der Waals surface area contributed by atoms with Crippen molar-refractivity contribution in [3.8, 4) is 0 Å². The SMILES string of the molecule is C1CN[C@@H]2CN(C3CN4CCC3CC4)C[C@@H]2C1. The highest BCUT2D eigenvalue weighted by Gasteiger charge is 2.43. The summed E-state index contributed by atoms with van der Waals surface area (Å²) >= 11 is 0. The first kappa shape index (κ1) is 10.8. The Hall–Kier alpha value is -0.120. The standard InChI is InChI=1S/C14H25N3/c1-2-12-8-17(9-13(12)15-5-1)14-10-16-6-3-11(14)4-7-16/h11-15H,1-10H2/t12-,13+,14?/m0/s1. The zero-order valence-corrected chi connectivity index (χ0v) is 10.8. The van der Waals surface area contributed by atoms with E-state index in [9.17, 15) is 0 Å². The average molecular weight is 235 g/mol. The zero-order chi connectivity index (χ0) is 11.2. The quantitative estimate of drug-likeness (QED) is 0.724. The molecule has 5 heterocycles. The van der Waals surface area contributed by atoms with Gasteiger partial charge in [-0.2, -0.15) is 0 Å². The lowest BCUT2D eigenvalue weighted by atomic mass is 9.83. The summed E-state index contributed by atoms with van der Waals surface area (Å²) in [6.07, 6.45) is 5.79. The summed E-state index contributed by atoms with van der Waals surface area (Å²) in [6, 6.07) is 1.71. The van der Waals surface area contributed by atoms with Crippen LogP contribution in [-0.2, 0) is 0 Å². The van der Waals surface area contributed by atoms with Gasteiger partial charge in [-0.1, -0.05) is 0 Å². The van der Waals surface area contributed by atoms with Gasteiger partial charge in [0.25, 0.3) is 0 Å². The lowest BCUT2D eigenvalue weighted by Crippen LogP contribution is -2.57. The highest BCUT2D eigenvalue weighted by Crippen LogP contribution is 2.35. The molecule has 0 saturated carbocycles. The molecule has 3 atom stereocenters. The fourth-order valence-electron chi connectivity index (χ4n) is 4.70. The molecule has 0 aromatic rings. The van der Waals surface area contributed by atoms with Gasteiger partial charge in [0.1, 0.15) is 0 Å². The van der Waals surface area contributed by atoms with Crippen molar-refractivity contribution in [3.63, 3.8) is 0 Å². The second-order valence-corrected chi connectivity index (χ2v) is 6.62. The van der Waals surface area contributed by atoms with Crippen molar-refractivity contribution in [1.29, 1.82) is 0 Å². The Morgan fingerprint density at radius 2 is 1.76 bits per heavy atom. The van der Waals surface area contributed by atoms with Crippen LogP contribution in [0.15, 0.2) is 0 Å². The number of hydrogen-bond acceptors (Lipinski definition) is 3. The first-order chi connectivity index (χ1) is 8.40. The Morgan fingerprint density at radius 3 is 2.47 bits per heavy atom. The first-order valence-electron chi connectivity index (χ1n) is 7.60. The van der Waals surface area contributed by atoms with Gasteiger partial charge >= 0.3 is 0 Å². The zero-order valence-electron chi connectivity index (χ0n) is 10.8.